The second-order valence-corrected chi connectivity index (χ2v) is 4.31. The summed E-state index contributed by atoms with van der Waals surface area (Å²) in [6.07, 6.45) is 0. The molecule has 1 aromatic carbocycles. The molecule has 78 valence electrons. The Morgan fingerprint density at radius 1 is 1.20 bits per heavy atom. The number of oxime groups is 1. The summed E-state index contributed by atoms with van der Waals surface area (Å²) in [6, 6.07) is 9.64. The molecule has 0 aromatic heterocycles. The zero-order chi connectivity index (χ0) is 11.3. The van der Waals surface area contributed by atoms with Gasteiger partial charge in [-0.1, -0.05) is 50.0 Å². The van der Waals surface area contributed by atoms with Gasteiger partial charge in [0.1, 0.15) is 5.71 Å². The molecule has 0 amide bonds. The van der Waals surface area contributed by atoms with E-state index in [4.69, 9.17) is 5.21 Å². The van der Waals surface area contributed by atoms with Crippen LogP contribution in [0.1, 0.15) is 26.3 Å². The van der Waals surface area contributed by atoms with Gasteiger partial charge in [-0.15, -0.1) is 0 Å². The zero-order valence-electron chi connectivity index (χ0n) is 9.28. The molecule has 1 N–H and O–H groups in total. The van der Waals surface area contributed by atoms with Crippen LogP contribution in [0.15, 0.2) is 35.5 Å². The average Bonchev–Trinajstić information content (AvgIpc) is 2.18. The first kappa shape index (κ1) is 11.3. The van der Waals surface area contributed by atoms with E-state index in [1.807, 2.05) is 51.1 Å². The molecule has 0 radical (unpaired) electrons. The molecular weight excluding hydrogens is 186 g/mol. The van der Waals surface area contributed by atoms with Crippen molar-refractivity contribution in [1.29, 1.82) is 0 Å². The predicted molar refractivity (Wildman–Crippen MR) is 62.0 cm³/mol. The predicted octanol–water partition coefficient (Wildman–Crippen LogP) is 2.91. The highest BCUT2D eigenvalue weighted by Gasteiger charge is 2.17. The van der Waals surface area contributed by atoms with Gasteiger partial charge in [0.15, 0.2) is 0 Å². The van der Waals surface area contributed by atoms with E-state index in [-0.39, 0.29) is 5.41 Å². The Labute approximate surface area is 90.6 Å². The van der Waals surface area contributed by atoms with E-state index in [0.29, 0.717) is 5.71 Å². The van der Waals surface area contributed by atoms with Gasteiger partial charge < -0.3 is 5.21 Å². The van der Waals surface area contributed by atoms with E-state index in [1.54, 1.807) is 0 Å². The lowest BCUT2D eigenvalue weighted by Gasteiger charge is -2.14. The largest absolute Gasteiger partial charge is 0.410 e. The normalized spacial score (nSPS) is 11.8. The molecule has 0 saturated heterocycles. The summed E-state index contributed by atoms with van der Waals surface area (Å²) in [5.41, 5.74) is 1.19. The van der Waals surface area contributed by atoms with Crippen LogP contribution >= 0.6 is 0 Å². The van der Waals surface area contributed by atoms with Gasteiger partial charge >= 0.3 is 0 Å². The summed E-state index contributed by atoms with van der Waals surface area (Å²) in [4.78, 5) is 0. The van der Waals surface area contributed by atoms with E-state index in [9.17, 15) is 0 Å². The number of nitrogens with zero attached hydrogens (tertiary/aromatic N) is 1. The van der Waals surface area contributed by atoms with Gasteiger partial charge in [-0.2, -0.15) is 0 Å². The van der Waals surface area contributed by atoms with Crippen molar-refractivity contribution in [2.75, 3.05) is 0 Å². The fraction of sp³-hybridized carbons (Fsp3) is 0.308. The monoisotopic (exact) mass is 201 g/mol. The maximum atomic E-state index is 8.83. The molecule has 0 atom stereocenters. The van der Waals surface area contributed by atoms with Crippen LogP contribution in [0.4, 0.5) is 0 Å². The number of rotatable bonds is 0. The van der Waals surface area contributed by atoms with Gasteiger partial charge in [-0.05, 0) is 18.1 Å². The van der Waals surface area contributed by atoms with Gasteiger partial charge in [-0.25, -0.2) is 0 Å². The van der Waals surface area contributed by atoms with E-state index in [0.717, 1.165) is 5.56 Å². The summed E-state index contributed by atoms with van der Waals surface area (Å²) in [7, 11) is 0. The highest BCUT2D eigenvalue weighted by Crippen LogP contribution is 2.15. The topological polar surface area (TPSA) is 32.6 Å². The first-order valence-corrected chi connectivity index (χ1v) is 4.83. The van der Waals surface area contributed by atoms with Crippen molar-refractivity contribution in [2.45, 2.75) is 20.8 Å². The molecule has 0 unspecified atom stereocenters. The molecule has 0 bridgehead atoms. The summed E-state index contributed by atoms with van der Waals surface area (Å²) in [6.45, 7) is 5.88. The van der Waals surface area contributed by atoms with Crippen LogP contribution in [0.5, 0.6) is 0 Å². The number of hydrogen-bond donors (Lipinski definition) is 1. The van der Waals surface area contributed by atoms with E-state index in [2.05, 4.69) is 17.0 Å². The zero-order valence-corrected chi connectivity index (χ0v) is 9.28. The standard InChI is InChI=1S/C13H15NO/c1-13(2,3)12(14-15)10-9-11-7-5-4-6-8-11/h4-8,15H,1-3H3. The van der Waals surface area contributed by atoms with Crippen molar-refractivity contribution in [3.63, 3.8) is 0 Å². The van der Waals surface area contributed by atoms with E-state index in [1.165, 1.54) is 0 Å². The van der Waals surface area contributed by atoms with Crippen LogP contribution in [-0.4, -0.2) is 10.9 Å². The van der Waals surface area contributed by atoms with Crippen LogP contribution < -0.4 is 0 Å². The fourth-order valence-corrected chi connectivity index (χ4v) is 1.02. The minimum Gasteiger partial charge on any atom is -0.410 e. The minimum absolute atomic E-state index is 0.226. The van der Waals surface area contributed by atoms with Gasteiger partial charge in [0, 0.05) is 11.0 Å². The van der Waals surface area contributed by atoms with Crippen molar-refractivity contribution >= 4 is 5.71 Å². The van der Waals surface area contributed by atoms with Gasteiger partial charge in [0.25, 0.3) is 0 Å². The van der Waals surface area contributed by atoms with Crippen molar-refractivity contribution in [3.05, 3.63) is 35.9 Å². The lowest BCUT2D eigenvalue weighted by Crippen LogP contribution is -2.18. The summed E-state index contributed by atoms with van der Waals surface area (Å²) in [5, 5.41) is 12.0. The number of benzene rings is 1. The molecule has 0 aliphatic heterocycles. The first-order valence-electron chi connectivity index (χ1n) is 4.83. The molecule has 1 aromatic rings. The van der Waals surface area contributed by atoms with Crippen molar-refractivity contribution < 1.29 is 5.21 Å². The van der Waals surface area contributed by atoms with E-state index >= 15 is 0 Å². The van der Waals surface area contributed by atoms with Crippen LogP contribution in [0, 0.1) is 17.3 Å². The average molecular weight is 201 g/mol. The molecule has 0 spiro atoms. The summed E-state index contributed by atoms with van der Waals surface area (Å²) >= 11 is 0. The van der Waals surface area contributed by atoms with Crippen molar-refractivity contribution in [1.82, 2.24) is 0 Å². The third kappa shape index (κ3) is 3.47. The Morgan fingerprint density at radius 2 is 1.80 bits per heavy atom. The molecule has 0 aliphatic rings. The third-order valence-corrected chi connectivity index (χ3v) is 1.91. The van der Waals surface area contributed by atoms with Crippen molar-refractivity contribution in [3.8, 4) is 11.8 Å². The molecule has 2 heteroatoms. The Balaban J connectivity index is 2.91. The smallest absolute Gasteiger partial charge is 0.135 e. The first-order chi connectivity index (χ1) is 7.04. The van der Waals surface area contributed by atoms with Gasteiger partial charge in [0.05, 0.1) is 0 Å². The Bertz CT molecular complexity index is 402. The number of hydrogen-bond acceptors (Lipinski definition) is 2. The lowest BCUT2D eigenvalue weighted by molar-refractivity contribution is 0.312. The van der Waals surface area contributed by atoms with E-state index < -0.39 is 0 Å². The molecule has 0 fully saturated rings. The minimum atomic E-state index is -0.226. The molecule has 2 nitrogen and oxygen atoms in total. The Kier molecular flexibility index (Phi) is 3.51. The van der Waals surface area contributed by atoms with Gasteiger partial charge in [-0.3, -0.25) is 0 Å². The maximum Gasteiger partial charge on any atom is 0.135 e. The third-order valence-electron chi connectivity index (χ3n) is 1.91. The van der Waals surface area contributed by atoms with Crippen molar-refractivity contribution in [2.24, 2.45) is 10.6 Å². The Morgan fingerprint density at radius 3 is 2.27 bits per heavy atom. The highest BCUT2D eigenvalue weighted by molar-refractivity contribution is 6.03. The highest BCUT2D eigenvalue weighted by atomic mass is 16.4. The van der Waals surface area contributed by atoms with Crippen LogP contribution in [0.2, 0.25) is 0 Å². The summed E-state index contributed by atoms with van der Waals surface area (Å²) < 4.78 is 0. The second kappa shape index (κ2) is 4.65. The molecule has 15 heavy (non-hydrogen) atoms. The molecular formula is C13H15NO. The van der Waals surface area contributed by atoms with Gasteiger partial charge in [0.2, 0.25) is 0 Å². The SMILES string of the molecule is CC(C)(C)C(C#Cc1ccccc1)=NO. The summed E-state index contributed by atoms with van der Waals surface area (Å²) in [5.74, 6) is 5.84. The van der Waals surface area contributed by atoms with Crippen LogP contribution in [0.25, 0.3) is 0 Å². The van der Waals surface area contributed by atoms with Crippen LogP contribution in [0.3, 0.4) is 0 Å². The molecule has 0 saturated carbocycles. The maximum absolute atomic E-state index is 8.83. The Hall–Kier alpha value is -1.75. The molecule has 0 aliphatic carbocycles. The fourth-order valence-electron chi connectivity index (χ4n) is 1.02. The lowest BCUT2D eigenvalue weighted by atomic mass is 9.90. The molecule has 0 heterocycles. The quantitative estimate of drug-likeness (QED) is 0.297. The van der Waals surface area contributed by atoms with Crippen LogP contribution in [-0.2, 0) is 0 Å². The molecule has 1 rings (SSSR count). The second-order valence-electron chi connectivity index (χ2n) is 4.31.